The van der Waals surface area contributed by atoms with Crippen LogP contribution in [-0.2, 0) is 9.84 Å². The molecular formula is C14H15NO2S. The highest BCUT2D eigenvalue weighted by molar-refractivity contribution is 7.91. The van der Waals surface area contributed by atoms with Crippen molar-refractivity contribution in [3.8, 4) is 0 Å². The normalized spacial score (nSPS) is 22.1. The summed E-state index contributed by atoms with van der Waals surface area (Å²) >= 11 is 0. The predicted octanol–water partition coefficient (Wildman–Crippen LogP) is 2.44. The minimum absolute atomic E-state index is 0.0520. The molecule has 1 N–H and O–H groups in total. The molecule has 0 amide bonds. The number of fused-ring (bicyclic) bond motifs is 1. The average Bonchev–Trinajstić information content (AvgIpc) is 2.68. The van der Waals surface area contributed by atoms with Crippen LogP contribution in [0.1, 0.15) is 6.42 Å². The van der Waals surface area contributed by atoms with Crippen molar-refractivity contribution in [1.82, 2.24) is 0 Å². The average molecular weight is 261 g/mol. The van der Waals surface area contributed by atoms with E-state index in [0.29, 0.717) is 12.2 Å². The van der Waals surface area contributed by atoms with Crippen LogP contribution in [0.25, 0.3) is 10.8 Å². The van der Waals surface area contributed by atoms with Gasteiger partial charge in [-0.05, 0) is 29.3 Å². The first-order valence-corrected chi connectivity index (χ1v) is 7.90. The summed E-state index contributed by atoms with van der Waals surface area (Å²) in [5, 5.41) is 5.68. The van der Waals surface area contributed by atoms with Crippen molar-refractivity contribution in [2.75, 3.05) is 16.8 Å². The number of rotatable bonds is 2. The second-order valence-electron chi connectivity index (χ2n) is 4.81. The van der Waals surface area contributed by atoms with Crippen molar-refractivity contribution in [3.05, 3.63) is 42.5 Å². The topological polar surface area (TPSA) is 46.2 Å². The number of nitrogens with one attached hydrogen (secondary N) is 1. The van der Waals surface area contributed by atoms with E-state index in [1.165, 1.54) is 10.8 Å². The molecule has 1 heterocycles. The molecule has 0 aromatic heterocycles. The molecule has 0 bridgehead atoms. The predicted molar refractivity (Wildman–Crippen MR) is 74.6 cm³/mol. The van der Waals surface area contributed by atoms with Gasteiger partial charge in [0.15, 0.2) is 9.84 Å². The van der Waals surface area contributed by atoms with E-state index in [0.717, 1.165) is 5.69 Å². The first-order valence-electron chi connectivity index (χ1n) is 6.08. The molecule has 18 heavy (non-hydrogen) atoms. The summed E-state index contributed by atoms with van der Waals surface area (Å²) in [5.74, 6) is 0.554. The fraction of sp³-hybridized carbons (Fsp3) is 0.286. The summed E-state index contributed by atoms with van der Waals surface area (Å²) in [4.78, 5) is 0. The van der Waals surface area contributed by atoms with Crippen LogP contribution >= 0.6 is 0 Å². The van der Waals surface area contributed by atoms with Crippen molar-refractivity contribution >= 4 is 26.3 Å². The minimum atomic E-state index is -2.82. The van der Waals surface area contributed by atoms with E-state index in [-0.39, 0.29) is 11.8 Å². The van der Waals surface area contributed by atoms with Crippen molar-refractivity contribution < 1.29 is 8.42 Å². The third kappa shape index (κ3) is 2.34. The first-order chi connectivity index (χ1) is 8.62. The van der Waals surface area contributed by atoms with Gasteiger partial charge in [0.1, 0.15) is 0 Å². The SMILES string of the molecule is O=S1(=O)CCC(Nc2ccc3ccccc3c2)C1. The van der Waals surface area contributed by atoms with E-state index >= 15 is 0 Å². The lowest BCUT2D eigenvalue weighted by Gasteiger charge is -2.12. The molecule has 0 aliphatic carbocycles. The maximum atomic E-state index is 11.4. The first kappa shape index (κ1) is 11.5. The van der Waals surface area contributed by atoms with Crippen LogP contribution in [0.15, 0.2) is 42.5 Å². The Balaban J connectivity index is 1.83. The zero-order valence-electron chi connectivity index (χ0n) is 9.96. The Morgan fingerprint density at radius 3 is 2.56 bits per heavy atom. The number of benzene rings is 2. The molecule has 0 saturated carbocycles. The molecular weight excluding hydrogens is 246 g/mol. The van der Waals surface area contributed by atoms with Crippen LogP contribution < -0.4 is 5.32 Å². The van der Waals surface area contributed by atoms with E-state index in [2.05, 4.69) is 29.6 Å². The fourth-order valence-electron chi connectivity index (χ4n) is 2.42. The quantitative estimate of drug-likeness (QED) is 0.903. The van der Waals surface area contributed by atoms with Crippen molar-refractivity contribution in [3.63, 3.8) is 0 Å². The third-order valence-electron chi connectivity index (χ3n) is 3.35. The Kier molecular flexibility index (Phi) is 2.74. The minimum Gasteiger partial charge on any atom is -0.381 e. The van der Waals surface area contributed by atoms with Gasteiger partial charge >= 0.3 is 0 Å². The van der Waals surface area contributed by atoms with Gasteiger partial charge in [0.05, 0.1) is 11.5 Å². The highest BCUT2D eigenvalue weighted by Gasteiger charge is 2.27. The summed E-state index contributed by atoms with van der Waals surface area (Å²) in [6, 6.07) is 14.3. The van der Waals surface area contributed by atoms with Crippen molar-refractivity contribution in [2.24, 2.45) is 0 Å². The molecule has 1 fully saturated rings. The Morgan fingerprint density at radius 2 is 1.83 bits per heavy atom. The summed E-state index contributed by atoms with van der Waals surface area (Å²) in [7, 11) is -2.82. The number of anilines is 1. The van der Waals surface area contributed by atoms with Gasteiger partial charge in [0.25, 0.3) is 0 Å². The number of sulfone groups is 1. The fourth-order valence-corrected chi connectivity index (χ4v) is 4.10. The molecule has 1 aliphatic rings. The third-order valence-corrected chi connectivity index (χ3v) is 5.12. The molecule has 2 aromatic carbocycles. The Morgan fingerprint density at radius 1 is 1.06 bits per heavy atom. The van der Waals surface area contributed by atoms with E-state index in [9.17, 15) is 8.42 Å². The second kappa shape index (κ2) is 4.28. The van der Waals surface area contributed by atoms with Crippen LogP contribution in [0.5, 0.6) is 0 Å². The zero-order chi connectivity index (χ0) is 12.6. The van der Waals surface area contributed by atoms with Gasteiger partial charge in [-0.1, -0.05) is 30.3 Å². The highest BCUT2D eigenvalue weighted by atomic mass is 32.2. The van der Waals surface area contributed by atoms with Gasteiger partial charge < -0.3 is 5.32 Å². The van der Waals surface area contributed by atoms with E-state index in [4.69, 9.17) is 0 Å². The Labute approximate surface area is 107 Å². The molecule has 0 radical (unpaired) electrons. The van der Waals surface area contributed by atoms with Crippen LogP contribution in [0, 0.1) is 0 Å². The molecule has 0 spiro atoms. The van der Waals surface area contributed by atoms with Crippen molar-refractivity contribution in [2.45, 2.75) is 12.5 Å². The van der Waals surface area contributed by atoms with E-state index < -0.39 is 9.84 Å². The molecule has 3 rings (SSSR count). The molecule has 1 saturated heterocycles. The van der Waals surface area contributed by atoms with E-state index in [1.807, 2.05) is 18.2 Å². The molecule has 2 aromatic rings. The maximum absolute atomic E-state index is 11.4. The number of hydrogen-bond acceptors (Lipinski definition) is 3. The molecule has 1 unspecified atom stereocenters. The van der Waals surface area contributed by atoms with Crippen molar-refractivity contribution in [1.29, 1.82) is 0 Å². The maximum Gasteiger partial charge on any atom is 0.152 e. The van der Waals surface area contributed by atoms with Gasteiger partial charge in [-0.3, -0.25) is 0 Å². The van der Waals surface area contributed by atoms with Crippen LogP contribution in [-0.4, -0.2) is 26.0 Å². The summed E-state index contributed by atoms with van der Waals surface area (Å²) in [6.07, 6.45) is 0.704. The smallest absolute Gasteiger partial charge is 0.152 e. The number of hydrogen-bond donors (Lipinski definition) is 1. The molecule has 1 aliphatic heterocycles. The zero-order valence-corrected chi connectivity index (χ0v) is 10.8. The van der Waals surface area contributed by atoms with E-state index in [1.54, 1.807) is 0 Å². The molecule has 94 valence electrons. The summed E-state index contributed by atoms with van der Waals surface area (Å²) in [6.45, 7) is 0. The van der Waals surface area contributed by atoms with Crippen LogP contribution in [0.2, 0.25) is 0 Å². The Bertz CT molecular complexity index is 679. The van der Waals surface area contributed by atoms with Gasteiger partial charge in [0, 0.05) is 11.7 Å². The lowest BCUT2D eigenvalue weighted by Crippen LogP contribution is -2.20. The monoisotopic (exact) mass is 261 g/mol. The largest absolute Gasteiger partial charge is 0.381 e. The van der Waals surface area contributed by atoms with Gasteiger partial charge in [-0.2, -0.15) is 0 Å². The second-order valence-corrected chi connectivity index (χ2v) is 7.03. The lowest BCUT2D eigenvalue weighted by molar-refractivity contribution is 0.602. The molecule has 3 nitrogen and oxygen atoms in total. The van der Waals surface area contributed by atoms with Crippen LogP contribution in [0.4, 0.5) is 5.69 Å². The highest BCUT2D eigenvalue weighted by Crippen LogP contribution is 2.22. The summed E-state index contributed by atoms with van der Waals surface area (Å²) < 4.78 is 22.8. The van der Waals surface area contributed by atoms with Gasteiger partial charge in [-0.25, -0.2) is 8.42 Å². The summed E-state index contributed by atoms with van der Waals surface area (Å²) in [5.41, 5.74) is 0.996. The van der Waals surface area contributed by atoms with Crippen LogP contribution in [0.3, 0.4) is 0 Å². The lowest BCUT2D eigenvalue weighted by atomic mass is 10.1. The van der Waals surface area contributed by atoms with Gasteiger partial charge in [0.2, 0.25) is 0 Å². The standard InChI is InChI=1S/C14H15NO2S/c16-18(17)8-7-14(10-18)15-13-6-5-11-3-1-2-4-12(11)9-13/h1-6,9,14-15H,7-8,10H2. The molecule has 4 heteroatoms. The Hall–Kier alpha value is -1.55. The van der Waals surface area contributed by atoms with Gasteiger partial charge in [-0.15, -0.1) is 0 Å². The molecule has 1 atom stereocenters.